The van der Waals surface area contributed by atoms with Gasteiger partial charge in [-0.2, -0.15) is 4.31 Å². The molecule has 0 spiro atoms. The molecule has 0 aliphatic carbocycles. The molecule has 0 N–H and O–H groups in total. The molecule has 1 unspecified atom stereocenters. The largest absolute Gasteiger partial charge is 0.486 e. The van der Waals surface area contributed by atoms with E-state index in [2.05, 4.69) is 0 Å². The molecule has 0 saturated heterocycles. The Morgan fingerprint density at radius 2 is 1.80 bits per heavy atom. The Labute approximate surface area is 149 Å². The maximum absolute atomic E-state index is 13.0. The van der Waals surface area contributed by atoms with E-state index in [4.69, 9.17) is 9.47 Å². The van der Waals surface area contributed by atoms with Gasteiger partial charge >= 0.3 is 0 Å². The van der Waals surface area contributed by atoms with Crippen molar-refractivity contribution in [2.75, 3.05) is 19.7 Å². The Kier molecular flexibility index (Phi) is 5.01. The van der Waals surface area contributed by atoms with E-state index in [1.54, 1.807) is 12.1 Å². The van der Waals surface area contributed by atoms with Crippen LogP contribution in [0, 0.1) is 13.8 Å². The van der Waals surface area contributed by atoms with Gasteiger partial charge in [-0.15, -0.1) is 0 Å². The minimum atomic E-state index is -3.57. The highest BCUT2D eigenvalue weighted by Gasteiger charge is 2.29. The third-order valence-corrected chi connectivity index (χ3v) is 6.38. The predicted molar refractivity (Wildman–Crippen MR) is 96.7 cm³/mol. The van der Waals surface area contributed by atoms with Gasteiger partial charge in [0.25, 0.3) is 0 Å². The lowest BCUT2D eigenvalue weighted by atomic mass is 10.1. The Bertz CT molecular complexity index is 863. The van der Waals surface area contributed by atoms with Crippen molar-refractivity contribution in [2.24, 2.45) is 0 Å². The van der Waals surface area contributed by atoms with Crippen molar-refractivity contribution < 1.29 is 17.9 Å². The van der Waals surface area contributed by atoms with E-state index < -0.39 is 10.0 Å². The van der Waals surface area contributed by atoms with E-state index in [-0.39, 0.29) is 12.6 Å². The highest BCUT2D eigenvalue weighted by atomic mass is 32.2. The van der Waals surface area contributed by atoms with Crippen molar-refractivity contribution in [2.45, 2.75) is 31.8 Å². The number of para-hydroxylation sites is 2. The van der Waals surface area contributed by atoms with E-state index >= 15 is 0 Å². The van der Waals surface area contributed by atoms with Crippen molar-refractivity contribution in [1.82, 2.24) is 4.31 Å². The zero-order valence-corrected chi connectivity index (χ0v) is 15.5. The summed E-state index contributed by atoms with van der Waals surface area (Å²) in [6.07, 6.45) is -0.337. The fourth-order valence-corrected chi connectivity index (χ4v) is 4.37. The minimum absolute atomic E-state index is 0.250. The first kappa shape index (κ1) is 17.8. The lowest BCUT2D eigenvalue weighted by Gasteiger charge is -2.30. The second kappa shape index (κ2) is 7.06. The fourth-order valence-electron chi connectivity index (χ4n) is 2.80. The summed E-state index contributed by atoms with van der Waals surface area (Å²) < 4.78 is 39.0. The molecule has 2 aromatic rings. The number of benzene rings is 2. The fraction of sp³-hybridized carbons (Fsp3) is 0.368. The van der Waals surface area contributed by atoms with Crippen LogP contribution < -0.4 is 9.47 Å². The topological polar surface area (TPSA) is 55.8 Å². The van der Waals surface area contributed by atoms with Crippen molar-refractivity contribution >= 4 is 10.0 Å². The molecule has 0 radical (unpaired) electrons. The molecule has 5 nitrogen and oxygen atoms in total. The molecule has 0 fully saturated rings. The van der Waals surface area contributed by atoms with Gasteiger partial charge in [-0.25, -0.2) is 8.42 Å². The summed E-state index contributed by atoms with van der Waals surface area (Å²) in [7, 11) is -3.57. The molecule has 6 heteroatoms. The summed E-state index contributed by atoms with van der Waals surface area (Å²) in [6.45, 7) is 6.66. The second-order valence-electron chi connectivity index (χ2n) is 6.20. The van der Waals surface area contributed by atoms with Crippen LogP contribution in [0.3, 0.4) is 0 Å². The zero-order valence-electron chi connectivity index (χ0n) is 14.7. The summed E-state index contributed by atoms with van der Waals surface area (Å²) in [5.41, 5.74) is 2.03. The van der Waals surface area contributed by atoms with E-state index in [1.807, 2.05) is 51.1 Å². The zero-order chi connectivity index (χ0) is 18.0. The highest BCUT2D eigenvalue weighted by molar-refractivity contribution is 7.89. The lowest BCUT2D eigenvalue weighted by Crippen LogP contribution is -2.43. The van der Waals surface area contributed by atoms with Crippen LogP contribution >= 0.6 is 0 Å². The maximum atomic E-state index is 13.0. The Balaban J connectivity index is 1.79. The monoisotopic (exact) mass is 361 g/mol. The van der Waals surface area contributed by atoms with Gasteiger partial charge in [0.05, 0.1) is 11.4 Å². The predicted octanol–water partition coefficient (Wildman–Crippen LogP) is 3.15. The number of aryl methyl sites for hydroxylation is 2. The van der Waals surface area contributed by atoms with Gasteiger partial charge in [0, 0.05) is 6.54 Å². The molecule has 3 rings (SSSR count). The SMILES string of the molecule is CCN(CC1COc2ccccc2O1)S(=O)(=O)c1ccc(C)c(C)c1. The lowest BCUT2D eigenvalue weighted by molar-refractivity contribution is 0.0771. The Hall–Kier alpha value is -2.05. The molecule has 134 valence electrons. The summed E-state index contributed by atoms with van der Waals surface area (Å²) in [4.78, 5) is 0.314. The van der Waals surface area contributed by atoms with E-state index in [0.29, 0.717) is 29.5 Å². The molecule has 1 aliphatic rings. The first-order chi connectivity index (χ1) is 11.9. The van der Waals surface area contributed by atoms with Crippen LogP contribution in [0.5, 0.6) is 11.5 Å². The van der Waals surface area contributed by atoms with E-state index in [0.717, 1.165) is 11.1 Å². The third-order valence-electron chi connectivity index (χ3n) is 4.44. The molecule has 2 aromatic carbocycles. The molecule has 0 bridgehead atoms. The van der Waals surface area contributed by atoms with Gasteiger partial charge in [0.2, 0.25) is 10.0 Å². The molecule has 1 heterocycles. The average molecular weight is 361 g/mol. The minimum Gasteiger partial charge on any atom is -0.486 e. The van der Waals surface area contributed by atoms with Gasteiger partial charge < -0.3 is 9.47 Å². The molecule has 1 aliphatic heterocycles. The second-order valence-corrected chi connectivity index (χ2v) is 8.14. The Morgan fingerprint density at radius 3 is 2.48 bits per heavy atom. The van der Waals surface area contributed by atoms with Crippen LogP contribution in [0.2, 0.25) is 0 Å². The van der Waals surface area contributed by atoms with Crippen LogP contribution in [-0.4, -0.2) is 38.5 Å². The quantitative estimate of drug-likeness (QED) is 0.821. The van der Waals surface area contributed by atoms with Gasteiger partial charge in [0.1, 0.15) is 12.7 Å². The number of fused-ring (bicyclic) bond motifs is 1. The van der Waals surface area contributed by atoms with Crippen molar-refractivity contribution in [3.05, 3.63) is 53.6 Å². The molecule has 0 saturated carbocycles. The number of nitrogens with zero attached hydrogens (tertiary/aromatic N) is 1. The molecule has 1 atom stereocenters. The summed E-state index contributed by atoms with van der Waals surface area (Å²) in [6, 6.07) is 12.6. The van der Waals surface area contributed by atoms with Crippen LogP contribution in [0.4, 0.5) is 0 Å². The molecular weight excluding hydrogens is 338 g/mol. The van der Waals surface area contributed by atoms with E-state index in [9.17, 15) is 8.42 Å². The first-order valence-electron chi connectivity index (χ1n) is 8.37. The number of ether oxygens (including phenoxy) is 2. The van der Waals surface area contributed by atoms with Crippen molar-refractivity contribution in [3.8, 4) is 11.5 Å². The first-order valence-corrected chi connectivity index (χ1v) is 9.81. The average Bonchev–Trinajstić information content (AvgIpc) is 2.61. The Morgan fingerprint density at radius 1 is 1.08 bits per heavy atom. The van der Waals surface area contributed by atoms with Crippen molar-refractivity contribution in [1.29, 1.82) is 0 Å². The van der Waals surface area contributed by atoms with Crippen LogP contribution in [0.25, 0.3) is 0 Å². The van der Waals surface area contributed by atoms with Crippen molar-refractivity contribution in [3.63, 3.8) is 0 Å². The third kappa shape index (κ3) is 3.65. The molecule has 0 aromatic heterocycles. The van der Waals surface area contributed by atoms with Gasteiger partial charge in [-0.3, -0.25) is 0 Å². The molecular formula is C19H23NO4S. The highest BCUT2D eigenvalue weighted by Crippen LogP contribution is 2.31. The smallest absolute Gasteiger partial charge is 0.243 e. The molecule has 25 heavy (non-hydrogen) atoms. The summed E-state index contributed by atoms with van der Waals surface area (Å²) >= 11 is 0. The molecule has 0 amide bonds. The summed E-state index contributed by atoms with van der Waals surface area (Å²) in [5, 5.41) is 0. The number of hydrogen-bond donors (Lipinski definition) is 0. The standard InChI is InChI=1S/C19H23NO4S/c1-4-20(25(21,22)17-10-9-14(2)15(3)11-17)12-16-13-23-18-7-5-6-8-19(18)24-16/h5-11,16H,4,12-13H2,1-3H3. The van der Waals surface area contributed by atoms with Crippen LogP contribution in [0.1, 0.15) is 18.1 Å². The normalized spacial score (nSPS) is 16.9. The van der Waals surface area contributed by atoms with Gasteiger partial charge in [-0.1, -0.05) is 25.1 Å². The number of likely N-dealkylation sites (N-methyl/N-ethyl adjacent to an activating group) is 1. The van der Waals surface area contributed by atoms with Gasteiger partial charge in [0.15, 0.2) is 11.5 Å². The van der Waals surface area contributed by atoms with Gasteiger partial charge in [-0.05, 0) is 49.2 Å². The number of rotatable bonds is 5. The van der Waals surface area contributed by atoms with Crippen LogP contribution in [-0.2, 0) is 10.0 Å². The van der Waals surface area contributed by atoms with Crippen LogP contribution in [0.15, 0.2) is 47.4 Å². The van der Waals surface area contributed by atoms with E-state index in [1.165, 1.54) is 4.31 Å². The number of hydrogen-bond acceptors (Lipinski definition) is 4. The maximum Gasteiger partial charge on any atom is 0.243 e. The number of sulfonamides is 1. The summed E-state index contributed by atoms with van der Waals surface area (Å²) in [5.74, 6) is 1.34.